The Morgan fingerprint density at radius 1 is 1.40 bits per heavy atom. The van der Waals surface area contributed by atoms with Gasteiger partial charge in [0.05, 0.1) is 6.10 Å². The zero-order valence-corrected chi connectivity index (χ0v) is 9.19. The number of hydrogen-bond donors (Lipinski definition) is 5. The Balaban J connectivity index is 2.76. The third kappa shape index (κ3) is 3.39. The van der Waals surface area contributed by atoms with Gasteiger partial charge in [0.2, 0.25) is 0 Å². The molecule has 5 N–H and O–H groups in total. The molecule has 0 spiro atoms. The summed E-state index contributed by atoms with van der Waals surface area (Å²) in [6.07, 6.45) is -1.24. The number of rotatable bonds is 5. The van der Waals surface area contributed by atoms with E-state index in [-0.39, 0.29) is 0 Å². The molecule has 15 heavy (non-hydrogen) atoms. The summed E-state index contributed by atoms with van der Waals surface area (Å²) >= 11 is 4.00. The fourth-order valence-electron chi connectivity index (χ4n) is 1.32. The van der Waals surface area contributed by atoms with Gasteiger partial charge in [0.25, 0.3) is 0 Å². The maximum atomic E-state index is 9.79. The number of thiol groups is 1. The molecule has 84 valence electrons. The van der Waals surface area contributed by atoms with Gasteiger partial charge >= 0.3 is 0 Å². The molecule has 0 aliphatic rings. The Morgan fingerprint density at radius 2 is 2.13 bits per heavy atom. The highest BCUT2D eigenvalue weighted by Crippen LogP contribution is 2.21. The van der Waals surface area contributed by atoms with Crippen LogP contribution in [0.25, 0.3) is 0 Å². The molecule has 0 saturated carbocycles. The summed E-state index contributed by atoms with van der Waals surface area (Å²) in [6.45, 7) is 0. The third-order valence-electron chi connectivity index (χ3n) is 2.18. The number of nitrogens with one attached hydrogen (secondary N) is 1. The number of hydrazine groups is 1. The molecule has 0 saturated heterocycles. The van der Waals surface area contributed by atoms with Crippen molar-refractivity contribution < 1.29 is 10.2 Å². The molecule has 1 aromatic rings. The van der Waals surface area contributed by atoms with Crippen LogP contribution in [0.4, 0.5) is 5.69 Å². The summed E-state index contributed by atoms with van der Waals surface area (Å²) in [7, 11) is 0. The number of hydrogen-bond acceptors (Lipinski definition) is 5. The summed E-state index contributed by atoms with van der Waals surface area (Å²) in [5.74, 6) is 5.78. The van der Waals surface area contributed by atoms with E-state index in [1.165, 1.54) is 0 Å². The van der Waals surface area contributed by atoms with Gasteiger partial charge in [0.15, 0.2) is 0 Å². The Morgan fingerprint density at radius 3 is 2.73 bits per heavy atom. The molecule has 0 fully saturated rings. The topological polar surface area (TPSA) is 78.5 Å². The quantitative estimate of drug-likeness (QED) is 0.292. The molecule has 4 nitrogen and oxygen atoms in total. The first kappa shape index (κ1) is 12.3. The van der Waals surface area contributed by atoms with Crippen LogP contribution in [0, 0.1) is 0 Å². The number of benzene rings is 1. The van der Waals surface area contributed by atoms with Crippen molar-refractivity contribution in [2.75, 3.05) is 11.2 Å². The van der Waals surface area contributed by atoms with Gasteiger partial charge in [-0.3, -0.25) is 5.84 Å². The van der Waals surface area contributed by atoms with Crippen molar-refractivity contribution in [1.82, 2.24) is 0 Å². The predicted molar refractivity (Wildman–Crippen MR) is 63.7 cm³/mol. The van der Waals surface area contributed by atoms with Crippen LogP contribution in [0.2, 0.25) is 0 Å². The molecular formula is C10H16N2O2S. The predicted octanol–water partition coefficient (Wildman–Crippen LogP) is 0.686. The van der Waals surface area contributed by atoms with E-state index in [1.807, 2.05) is 0 Å². The van der Waals surface area contributed by atoms with Crippen LogP contribution >= 0.6 is 12.6 Å². The summed E-state index contributed by atoms with van der Waals surface area (Å²) < 4.78 is 0. The molecule has 5 heteroatoms. The van der Waals surface area contributed by atoms with Gasteiger partial charge in [-0.2, -0.15) is 12.6 Å². The molecule has 0 aliphatic carbocycles. The van der Waals surface area contributed by atoms with Crippen molar-refractivity contribution in [3.8, 4) is 0 Å². The molecule has 2 unspecified atom stereocenters. The van der Waals surface area contributed by atoms with Gasteiger partial charge in [-0.25, -0.2) is 0 Å². The molecule has 1 aromatic carbocycles. The highest BCUT2D eigenvalue weighted by Gasteiger charge is 2.17. The molecule has 0 amide bonds. The minimum Gasteiger partial charge on any atom is -0.390 e. The standard InChI is InChI=1S/C10H16N2O2S/c11-12-8-3-1-2-7(6-8)10(14)9(13)4-5-15/h1-3,6,9-10,12-15H,4-5,11H2. The number of anilines is 1. The van der Waals surface area contributed by atoms with Crippen molar-refractivity contribution in [3.05, 3.63) is 29.8 Å². The molecule has 2 atom stereocenters. The Kier molecular flexibility index (Phi) is 4.90. The lowest BCUT2D eigenvalue weighted by atomic mass is 10.0. The van der Waals surface area contributed by atoms with Crippen molar-refractivity contribution in [2.45, 2.75) is 18.6 Å². The molecule has 1 rings (SSSR count). The van der Waals surface area contributed by atoms with Crippen molar-refractivity contribution in [3.63, 3.8) is 0 Å². The lowest BCUT2D eigenvalue weighted by Gasteiger charge is -2.17. The van der Waals surface area contributed by atoms with Gasteiger partial charge in [-0.1, -0.05) is 12.1 Å². The third-order valence-corrected chi connectivity index (χ3v) is 2.44. The Hall–Kier alpha value is -0.750. The van der Waals surface area contributed by atoms with E-state index >= 15 is 0 Å². The summed E-state index contributed by atoms with van der Waals surface area (Å²) in [5, 5.41) is 19.4. The lowest BCUT2D eigenvalue weighted by molar-refractivity contribution is 0.0173. The zero-order chi connectivity index (χ0) is 11.3. The van der Waals surface area contributed by atoms with E-state index in [4.69, 9.17) is 5.84 Å². The van der Waals surface area contributed by atoms with E-state index in [1.54, 1.807) is 24.3 Å². The van der Waals surface area contributed by atoms with E-state index < -0.39 is 12.2 Å². The molecular weight excluding hydrogens is 212 g/mol. The fourth-order valence-corrected chi connectivity index (χ4v) is 1.59. The van der Waals surface area contributed by atoms with Crippen LogP contribution in [-0.2, 0) is 0 Å². The molecule has 0 heterocycles. The Bertz CT molecular complexity index is 309. The van der Waals surface area contributed by atoms with E-state index in [0.717, 1.165) is 0 Å². The summed E-state index contributed by atoms with van der Waals surface area (Å²) in [4.78, 5) is 0. The second kappa shape index (κ2) is 5.97. The normalized spacial score (nSPS) is 14.7. The first-order valence-electron chi connectivity index (χ1n) is 4.72. The van der Waals surface area contributed by atoms with E-state index in [2.05, 4.69) is 18.1 Å². The average molecular weight is 228 g/mol. The van der Waals surface area contributed by atoms with Crippen LogP contribution in [0.3, 0.4) is 0 Å². The van der Waals surface area contributed by atoms with Gasteiger partial charge in [0, 0.05) is 5.69 Å². The molecule has 0 aliphatic heterocycles. The number of nitrogens with two attached hydrogens (primary N) is 1. The van der Waals surface area contributed by atoms with Crippen LogP contribution in [0.15, 0.2) is 24.3 Å². The van der Waals surface area contributed by atoms with Crippen molar-refractivity contribution in [2.24, 2.45) is 5.84 Å². The monoisotopic (exact) mass is 228 g/mol. The molecule has 0 bridgehead atoms. The highest BCUT2D eigenvalue weighted by molar-refractivity contribution is 7.80. The maximum absolute atomic E-state index is 9.79. The van der Waals surface area contributed by atoms with Gasteiger partial charge in [0.1, 0.15) is 6.10 Å². The first-order valence-corrected chi connectivity index (χ1v) is 5.36. The largest absolute Gasteiger partial charge is 0.390 e. The number of nitrogen functional groups attached to an aromatic ring is 1. The summed E-state index contributed by atoms with van der Waals surface area (Å²) in [6, 6.07) is 6.99. The molecule has 0 radical (unpaired) electrons. The zero-order valence-electron chi connectivity index (χ0n) is 8.30. The van der Waals surface area contributed by atoms with Gasteiger partial charge < -0.3 is 15.6 Å². The number of aliphatic hydroxyl groups excluding tert-OH is 2. The fraction of sp³-hybridized carbons (Fsp3) is 0.400. The van der Waals surface area contributed by atoms with E-state index in [9.17, 15) is 10.2 Å². The maximum Gasteiger partial charge on any atom is 0.105 e. The first-order chi connectivity index (χ1) is 7.19. The Labute approximate surface area is 94.5 Å². The van der Waals surface area contributed by atoms with E-state index in [0.29, 0.717) is 23.4 Å². The van der Waals surface area contributed by atoms with Crippen LogP contribution in [0.5, 0.6) is 0 Å². The minimum atomic E-state index is -0.898. The van der Waals surface area contributed by atoms with Gasteiger partial charge in [-0.15, -0.1) is 0 Å². The SMILES string of the molecule is NNc1cccc(C(O)C(O)CCS)c1. The smallest absolute Gasteiger partial charge is 0.105 e. The van der Waals surface area contributed by atoms with Crippen LogP contribution in [0.1, 0.15) is 18.1 Å². The minimum absolute atomic E-state index is 0.449. The second-order valence-corrected chi connectivity index (χ2v) is 3.74. The van der Waals surface area contributed by atoms with Crippen LogP contribution < -0.4 is 11.3 Å². The van der Waals surface area contributed by atoms with Crippen molar-refractivity contribution in [1.29, 1.82) is 0 Å². The number of aliphatic hydroxyl groups is 2. The summed E-state index contributed by atoms with van der Waals surface area (Å²) in [5.41, 5.74) is 3.82. The van der Waals surface area contributed by atoms with Gasteiger partial charge in [-0.05, 0) is 29.9 Å². The van der Waals surface area contributed by atoms with Crippen LogP contribution in [-0.4, -0.2) is 22.1 Å². The average Bonchev–Trinajstić information content (AvgIpc) is 2.28. The van der Waals surface area contributed by atoms with Crippen molar-refractivity contribution >= 4 is 18.3 Å². The lowest BCUT2D eigenvalue weighted by Crippen LogP contribution is -2.19. The second-order valence-electron chi connectivity index (χ2n) is 3.29. The highest BCUT2D eigenvalue weighted by atomic mass is 32.1. The molecule has 0 aromatic heterocycles.